The number of benzene rings is 2. The van der Waals surface area contributed by atoms with Crippen LogP contribution in [0.1, 0.15) is 18.1 Å². The van der Waals surface area contributed by atoms with E-state index in [0.29, 0.717) is 5.69 Å². The Labute approximate surface area is 155 Å². The minimum atomic E-state index is -4.42. The van der Waals surface area contributed by atoms with Gasteiger partial charge in [-0.15, -0.1) is 11.8 Å². The van der Waals surface area contributed by atoms with E-state index in [1.54, 1.807) is 42.8 Å². The van der Waals surface area contributed by atoms with Crippen LogP contribution in [0.4, 0.5) is 18.9 Å². The van der Waals surface area contributed by atoms with Crippen molar-refractivity contribution in [2.45, 2.75) is 30.6 Å². The predicted molar refractivity (Wildman–Crippen MR) is 99.2 cm³/mol. The van der Waals surface area contributed by atoms with Crippen molar-refractivity contribution in [3.63, 3.8) is 0 Å². The van der Waals surface area contributed by atoms with Crippen LogP contribution in [0, 0.1) is 0 Å². The van der Waals surface area contributed by atoms with Crippen molar-refractivity contribution in [3.8, 4) is 0 Å². The third-order valence-corrected chi connectivity index (χ3v) is 4.85. The molecule has 0 saturated carbocycles. The molecule has 26 heavy (non-hydrogen) atoms. The lowest BCUT2D eigenvalue weighted by atomic mass is 10.1. The van der Waals surface area contributed by atoms with Gasteiger partial charge in [0.2, 0.25) is 5.91 Å². The molecule has 0 aliphatic rings. The highest BCUT2D eigenvalue weighted by atomic mass is 32.2. The van der Waals surface area contributed by atoms with Gasteiger partial charge in [0.15, 0.2) is 0 Å². The van der Waals surface area contributed by atoms with Gasteiger partial charge in [0.05, 0.1) is 11.6 Å². The fourth-order valence-electron chi connectivity index (χ4n) is 2.49. The van der Waals surface area contributed by atoms with Gasteiger partial charge in [-0.3, -0.25) is 9.69 Å². The van der Waals surface area contributed by atoms with Crippen molar-refractivity contribution < 1.29 is 18.0 Å². The van der Waals surface area contributed by atoms with Gasteiger partial charge in [-0.2, -0.15) is 13.2 Å². The first-order valence-electron chi connectivity index (χ1n) is 8.02. The Kier molecular flexibility index (Phi) is 6.72. The zero-order valence-electron chi connectivity index (χ0n) is 14.8. The molecule has 2 aromatic carbocycles. The van der Waals surface area contributed by atoms with E-state index in [-0.39, 0.29) is 18.0 Å². The summed E-state index contributed by atoms with van der Waals surface area (Å²) in [5.74, 6) is -0.268. The molecule has 0 bridgehead atoms. The third kappa shape index (κ3) is 5.25. The molecule has 0 aliphatic carbocycles. The summed E-state index contributed by atoms with van der Waals surface area (Å²) in [6.45, 7) is 1.69. The lowest BCUT2D eigenvalue weighted by Gasteiger charge is -2.25. The molecule has 0 heterocycles. The molecule has 0 spiro atoms. The van der Waals surface area contributed by atoms with Crippen LogP contribution in [0.25, 0.3) is 0 Å². The fraction of sp³-hybridized carbons (Fsp3) is 0.316. The van der Waals surface area contributed by atoms with Crippen molar-refractivity contribution in [2.75, 3.05) is 18.6 Å². The summed E-state index contributed by atoms with van der Waals surface area (Å²) >= 11 is 1.56. The molecule has 0 saturated heterocycles. The van der Waals surface area contributed by atoms with E-state index in [1.807, 2.05) is 24.5 Å². The third-order valence-electron chi connectivity index (χ3n) is 4.12. The largest absolute Gasteiger partial charge is 0.416 e. The average Bonchev–Trinajstić information content (AvgIpc) is 2.60. The van der Waals surface area contributed by atoms with Gasteiger partial charge < -0.3 is 5.32 Å². The number of halogens is 3. The van der Waals surface area contributed by atoms with Crippen molar-refractivity contribution >= 4 is 23.4 Å². The first kappa shape index (κ1) is 20.3. The number of nitrogens with zero attached hydrogens (tertiary/aromatic N) is 1. The number of alkyl halides is 3. The fourth-order valence-corrected chi connectivity index (χ4v) is 2.95. The number of carbonyl (C=O) groups is 1. The maximum atomic E-state index is 13.1. The number of nitrogens with one attached hydrogen (secondary N) is 1. The van der Waals surface area contributed by atoms with Crippen molar-refractivity contribution in [3.05, 3.63) is 59.7 Å². The number of rotatable bonds is 6. The molecule has 0 radical (unpaired) electrons. The Morgan fingerprint density at radius 3 is 2.54 bits per heavy atom. The topological polar surface area (TPSA) is 32.3 Å². The van der Waals surface area contributed by atoms with Crippen LogP contribution in [0.15, 0.2) is 53.4 Å². The van der Waals surface area contributed by atoms with E-state index in [4.69, 9.17) is 0 Å². The molecule has 7 heteroatoms. The van der Waals surface area contributed by atoms with E-state index in [0.717, 1.165) is 11.0 Å². The second kappa shape index (κ2) is 8.60. The van der Waals surface area contributed by atoms with Crippen LogP contribution < -0.4 is 5.32 Å². The van der Waals surface area contributed by atoms with E-state index in [2.05, 4.69) is 5.32 Å². The highest BCUT2D eigenvalue weighted by Crippen LogP contribution is 2.32. The Balaban J connectivity index is 2.07. The van der Waals surface area contributed by atoms with Crippen molar-refractivity contribution in [1.29, 1.82) is 0 Å². The second-order valence-electron chi connectivity index (χ2n) is 5.97. The van der Waals surface area contributed by atoms with Gasteiger partial charge in [0.1, 0.15) is 0 Å². The molecular formula is C19H21F3N2OS. The number of hydrogen-bond acceptors (Lipinski definition) is 3. The zero-order chi connectivity index (χ0) is 19.3. The maximum absolute atomic E-state index is 13.1. The quantitative estimate of drug-likeness (QED) is 0.722. The number of carbonyl (C=O) groups excluding carboxylic acids is 1. The minimum absolute atomic E-state index is 0.0229. The molecule has 3 nitrogen and oxygen atoms in total. The molecule has 0 aliphatic heterocycles. The van der Waals surface area contributed by atoms with Gasteiger partial charge in [-0.25, -0.2) is 0 Å². The molecular weight excluding hydrogens is 361 g/mol. The number of thioether (sulfide) groups is 1. The van der Waals surface area contributed by atoms with Crippen molar-refractivity contribution in [2.24, 2.45) is 0 Å². The van der Waals surface area contributed by atoms with Gasteiger partial charge in [-0.1, -0.05) is 24.3 Å². The number of likely N-dealkylation sites (N-methyl/N-ethyl adjacent to an activating group) is 1. The smallest absolute Gasteiger partial charge is 0.325 e. The van der Waals surface area contributed by atoms with Crippen LogP contribution in [0.5, 0.6) is 0 Å². The van der Waals surface area contributed by atoms with Gasteiger partial charge in [-0.05, 0) is 50.1 Å². The first-order chi connectivity index (χ1) is 12.2. The molecule has 2 rings (SSSR count). The highest BCUT2D eigenvalue weighted by molar-refractivity contribution is 7.98. The van der Waals surface area contributed by atoms with E-state index < -0.39 is 17.8 Å². The van der Waals surface area contributed by atoms with Crippen LogP contribution in [-0.2, 0) is 17.5 Å². The van der Waals surface area contributed by atoms with E-state index in [1.165, 1.54) is 12.1 Å². The van der Waals surface area contributed by atoms with E-state index >= 15 is 0 Å². The molecule has 140 valence electrons. The monoisotopic (exact) mass is 382 g/mol. The lowest BCUT2D eigenvalue weighted by molar-refractivity contribution is -0.138. The second-order valence-corrected chi connectivity index (χ2v) is 6.85. The average molecular weight is 382 g/mol. The Bertz CT molecular complexity index is 764. The molecule has 0 fully saturated rings. The summed E-state index contributed by atoms with van der Waals surface area (Å²) in [7, 11) is 1.63. The molecule has 0 aromatic heterocycles. The van der Waals surface area contributed by atoms with Gasteiger partial charge >= 0.3 is 6.18 Å². The zero-order valence-corrected chi connectivity index (χ0v) is 15.6. The summed E-state index contributed by atoms with van der Waals surface area (Å²) in [6.07, 6.45) is -2.48. The molecule has 1 amide bonds. The standard InChI is InChI=1S/C19H21F3N2OS/c1-13(18(25)23-15-8-6-9-16(11-15)26-3)24(2)12-14-7-4-5-10-17(14)19(20,21)22/h4-11,13H,12H2,1-3H3,(H,23,25). The molecule has 1 unspecified atom stereocenters. The number of amides is 1. The van der Waals surface area contributed by atoms with Crippen LogP contribution in [-0.4, -0.2) is 30.2 Å². The SMILES string of the molecule is CSc1cccc(NC(=O)C(C)N(C)Cc2ccccc2C(F)(F)F)c1. The molecule has 1 N–H and O–H groups in total. The normalized spacial score (nSPS) is 12.9. The summed E-state index contributed by atoms with van der Waals surface area (Å²) in [5, 5.41) is 2.81. The Morgan fingerprint density at radius 1 is 1.19 bits per heavy atom. The Hall–Kier alpha value is -1.99. The van der Waals surface area contributed by atoms with Crippen molar-refractivity contribution in [1.82, 2.24) is 4.90 Å². The van der Waals surface area contributed by atoms with Crippen LogP contribution in [0.3, 0.4) is 0 Å². The number of hydrogen-bond donors (Lipinski definition) is 1. The first-order valence-corrected chi connectivity index (χ1v) is 9.25. The van der Waals surface area contributed by atoms with Gasteiger partial charge in [0.25, 0.3) is 0 Å². The molecule has 1 atom stereocenters. The molecule has 2 aromatic rings. The number of anilines is 1. The summed E-state index contributed by atoms with van der Waals surface area (Å²) in [5.41, 5.74) is 0.136. The van der Waals surface area contributed by atoms with Gasteiger partial charge in [0, 0.05) is 17.1 Å². The van der Waals surface area contributed by atoms with Crippen LogP contribution in [0.2, 0.25) is 0 Å². The predicted octanol–water partition coefficient (Wildman–Crippen LogP) is 4.89. The summed E-state index contributed by atoms with van der Waals surface area (Å²) in [4.78, 5) is 15.1. The summed E-state index contributed by atoms with van der Waals surface area (Å²) in [6, 6.07) is 12.2. The Morgan fingerprint density at radius 2 is 1.88 bits per heavy atom. The minimum Gasteiger partial charge on any atom is -0.325 e. The maximum Gasteiger partial charge on any atom is 0.416 e. The van der Waals surface area contributed by atoms with Crippen LogP contribution >= 0.6 is 11.8 Å². The van der Waals surface area contributed by atoms with E-state index in [9.17, 15) is 18.0 Å². The summed E-state index contributed by atoms with van der Waals surface area (Å²) < 4.78 is 39.4. The lowest BCUT2D eigenvalue weighted by Crippen LogP contribution is -2.39. The highest BCUT2D eigenvalue weighted by Gasteiger charge is 2.33.